The molecule has 3 atom stereocenters. The molecule has 0 spiro atoms. The molecule has 2 heteroatoms. The molecule has 1 aromatic rings. The second kappa shape index (κ2) is 6.73. The van der Waals surface area contributed by atoms with Crippen molar-refractivity contribution in [3.05, 3.63) is 35.9 Å². The van der Waals surface area contributed by atoms with E-state index in [9.17, 15) is 5.11 Å². The van der Waals surface area contributed by atoms with E-state index in [2.05, 4.69) is 38.2 Å². The Morgan fingerprint density at radius 3 is 2.40 bits per heavy atom. The molecule has 0 heterocycles. The molecule has 20 heavy (non-hydrogen) atoms. The largest absolute Gasteiger partial charge is 0.394 e. The van der Waals surface area contributed by atoms with Crippen molar-refractivity contribution in [1.82, 2.24) is 5.32 Å². The summed E-state index contributed by atoms with van der Waals surface area (Å²) in [5.74, 6) is 0.689. The second-order valence-electron chi connectivity index (χ2n) is 7.18. The van der Waals surface area contributed by atoms with Gasteiger partial charge in [0.05, 0.1) is 12.6 Å². The van der Waals surface area contributed by atoms with Crippen molar-refractivity contribution in [3.63, 3.8) is 0 Å². The molecule has 1 saturated carbocycles. The molecule has 0 aliphatic heterocycles. The zero-order valence-electron chi connectivity index (χ0n) is 13.1. The lowest BCUT2D eigenvalue weighted by Crippen LogP contribution is -2.46. The predicted octanol–water partition coefficient (Wildman–Crippen LogP) is 3.91. The third kappa shape index (κ3) is 3.83. The monoisotopic (exact) mass is 275 g/mol. The first-order valence-electron chi connectivity index (χ1n) is 7.94. The van der Waals surface area contributed by atoms with Crippen LogP contribution in [-0.4, -0.2) is 17.8 Å². The summed E-state index contributed by atoms with van der Waals surface area (Å²) in [5.41, 5.74) is 1.52. The maximum atomic E-state index is 9.74. The van der Waals surface area contributed by atoms with Crippen LogP contribution in [0.1, 0.15) is 58.1 Å². The maximum absolute atomic E-state index is 9.74. The molecule has 0 bridgehead atoms. The molecule has 1 aromatic carbocycles. The van der Waals surface area contributed by atoms with E-state index >= 15 is 0 Å². The summed E-state index contributed by atoms with van der Waals surface area (Å²) in [7, 11) is 0. The predicted molar refractivity (Wildman–Crippen MR) is 84.6 cm³/mol. The summed E-state index contributed by atoms with van der Waals surface area (Å²) < 4.78 is 0. The van der Waals surface area contributed by atoms with Crippen molar-refractivity contribution in [2.45, 2.75) is 58.5 Å². The summed E-state index contributed by atoms with van der Waals surface area (Å²) in [6, 6.07) is 10.9. The van der Waals surface area contributed by atoms with Crippen LogP contribution >= 0.6 is 0 Å². The fourth-order valence-corrected chi connectivity index (χ4v) is 3.57. The lowest BCUT2D eigenvalue weighted by Gasteiger charge is -2.42. The summed E-state index contributed by atoms with van der Waals surface area (Å²) in [4.78, 5) is 0. The van der Waals surface area contributed by atoms with E-state index in [0.29, 0.717) is 17.4 Å². The number of nitrogens with one attached hydrogen (secondary N) is 1. The SMILES string of the molecule is CC(C)(C)C1CCCCC1N[C@H](CO)c1ccccc1. The van der Waals surface area contributed by atoms with Gasteiger partial charge >= 0.3 is 0 Å². The van der Waals surface area contributed by atoms with Gasteiger partial charge in [-0.15, -0.1) is 0 Å². The zero-order chi connectivity index (χ0) is 14.6. The minimum atomic E-state index is 0.0594. The Kier molecular flexibility index (Phi) is 5.22. The molecule has 1 fully saturated rings. The van der Waals surface area contributed by atoms with Crippen LogP contribution in [0.3, 0.4) is 0 Å². The van der Waals surface area contributed by atoms with E-state index in [1.165, 1.54) is 31.2 Å². The average Bonchev–Trinajstić information content (AvgIpc) is 2.45. The fourth-order valence-electron chi connectivity index (χ4n) is 3.57. The first kappa shape index (κ1) is 15.5. The summed E-state index contributed by atoms with van der Waals surface area (Å²) in [5, 5.41) is 13.5. The van der Waals surface area contributed by atoms with Crippen LogP contribution in [0.5, 0.6) is 0 Å². The third-order valence-corrected chi connectivity index (χ3v) is 4.68. The van der Waals surface area contributed by atoms with Gasteiger partial charge in [-0.1, -0.05) is 63.9 Å². The minimum Gasteiger partial charge on any atom is -0.394 e. The van der Waals surface area contributed by atoms with Crippen LogP contribution in [0, 0.1) is 11.3 Å². The number of benzene rings is 1. The molecule has 1 aliphatic rings. The molecule has 0 aromatic heterocycles. The van der Waals surface area contributed by atoms with Crippen molar-refractivity contribution >= 4 is 0 Å². The summed E-state index contributed by atoms with van der Waals surface area (Å²) in [6.07, 6.45) is 5.17. The van der Waals surface area contributed by atoms with Gasteiger partial charge in [0.2, 0.25) is 0 Å². The third-order valence-electron chi connectivity index (χ3n) is 4.68. The van der Waals surface area contributed by atoms with Gasteiger partial charge in [0.15, 0.2) is 0 Å². The number of hydrogen-bond donors (Lipinski definition) is 2. The fraction of sp³-hybridized carbons (Fsp3) is 0.667. The highest BCUT2D eigenvalue weighted by atomic mass is 16.3. The van der Waals surface area contributed by atoms with E-state index in [4.69, 9.17) is 0 Å². The van der Waals surface area contributed by atoms with Gasteiger partial charge in [0.25, 0.3) is 0 Å². The lowest BCUT2D eigenvalue weighted by atomic mass is 9.69. The molecular formula is C18H29NO. The average molecular weight is 275 g/mol. The Labute approximate surface area is 123 Å². The van der Waals surface area contributed by atoms with Gasteiger partial charge < -0.3 is 10.4 Å². The maximum Gasteiger partial charge on any atom is 0.0626 e. The van der Waals surface area contributed by atoms with Gasteiger partial charge in [-0.05, 0) is 29.7 Å². The topological polar surface area (TPSA) is 32.3 Å². The number of rotatable bonds is 4. The van der Waals surface area contributed by atoms with Gasteiger partial charge in [0, 0.05) is 6.04 Å². The Balaban J connectivity index is 2.09. The van der Waals surface area contributed by atoms with Crippen LogP contribution < -0.4 is 5.32 Å². The Hall–Kier alpha value is -0.860. The first-order valence-corrected chi connectivity index (χ1v) is 7.94. The molecule has 2 nitrogen and oxygen atoms in total. The number of hydrogen-bond acceptors (Lipinski definition) is 2. The van der Waals surface area contributed by atoms with Gasteiger partial charge in [-0.3, -0.25) is 0 Å². The Bertz CT molecular complexity index is 396. The van der Waals surface area contributed by atoms with Gasteiger partial charge in [0.1, 0.15) is 0 Å². The minimum absolute atomic E-state index is 0.0594. The normalized spacial score (nSPS) is 25.4. The summed E-state index contributed by atoms with van der Waals surface area (Å²) in [6.45, 7) is 7.19. The van der Waals surface area contributed by atoms with Crippen molar-refractivity contribution in [3.8, 4) is 0 Å². The van der Waals surface area contributed by atoms with Crippen molar-refractivity contribution < 1.29 is 5.11 Å². The van der Waals surface area contributed by atoms with Crippen LogP contribution in [0.4, 0.5) is 0 Å². The Morgan fingerprint density at radius 2 is 1.80 bits per heavy atom. The van der Waals surface area contributed by atoms with Crippen LogP contribution in [0.25, 0.3) is 0 Å². The van der Waals surface area contributed by atoms with Gasteiger partial charge in [-0.2, -0.15) is 0 Å². The van der Waals surface area contributed by atoms with E-state index in [0.717, 1.165) is 0 Å². The number of aliphatic hydroxyl groups is 1. The van der Waals surface area contributed by atoms with Crippen molar-refractivity contribution in [2.75, 3.05) is 6.61 Å². The molecule has 1 aliphatic carbocycles. The van der Waals surface area contributed by atoms with E-state index in [1.807, 2.05) is 18.2 Å². The van der Waals surface area contributed by atoms with Crippen molar-refractivity contribution in [2.24, 2.45) is 11.3 Å². The molecule has 2 rings (SSSR count). The molecule has 0 radical (unpaired) electrons. The van der Waals surface area contributed by atoms with E-state index in [1.54, 1.807) is 0 Å². The van der Waals surface area contributed by atoms with Gasteiger partial charge in [-0.25, -0.2) is 0 Å². The van der Waals surface area contributed by atoms with Crippen LogP contribution in [-0.2, 0) is 0 Å². The quantitative estimate of drug-likeness (QED) is 0.873. The highest BCUT2D eigenvalue weighted by Gasteiger charge is 2.35. The number of aliphatic hydroxyl groups excluding tert-OH is 1. The van der Waals surface area contributed by atoms with E-state index in [-0.39, 0.29) is 12.6 Å². The van der Waals surface area contributed by atoms with Crippen LogP contribution in [0.15, 0.2) is 30.3 Å². The molecule has 2 N–H and O–H groups in total. The molecule has 0 amide bonds. The molecule has 0 saturated heterocycles. The molecule has 112 valence electrons. The highest BCUT2D eigenvalue weighted by Crippen LogP contribution is 2.38. The van der Waals surface area contributed by atoms with Crippen LogP contribution in [0.2, 0.25) is 0 Å². The molecular weight excluding hydrogens is 246 g/mol. The van der Waals surface area contributed by atoms with E-state index < -0.39 is 0 Å². The molecule has 2 unspecified atom stereocenters. The smallest absolute Gasteiger partial charge is 0.0626 e. The standard InChI is InChI=1S/C18H29NO/c1-18(2,3)15-11-7-8-12-16(15)19-17(13-20)14-9-5-4-6-10-14/h4-6,9-10,15-17,19-20H,7-8,11-13H2,1-3H3/t15?,16?,17-/m1/s1. The Morgan fingerprint density at radius 1 is 1.15 bits per heavy atom. The first-order chi connectivity index (χ1) is 9.52. The lowest BCUT2D eigenvalue weighted by molar-refractivity contribution is 0.111. The highest BCUT2D eigenvalue weighted by molar-refractivity contribution is 5.19. The zero-order valence-corrected chi connectivity index (χ0v) is 13.1. The second-order valence-corrected chi connectivity index (χ2v) is 7.18. The summed E-state index contributed by atoms with van der Waals surface area (Å²) >= 11 is 0. The van der Waals surface area contributed by atoms with Crippen molar-refractivity contribution in [1.29, 1.82) is 0 Å².